The molecule has 0 radical (unpaired) electrons. The minimum absolute atomic E-state index is 0.330. The maximum atomic E-state index is 12.1. The Morgan fingerprint density at radius 3 is 2.24 bits per heavy atom. The number of hydrazone groups is 1. The summed E-state index contributed by atoms with van der Waals surface area (Å²) in [6.45, 7) is 6.18. The van der Waals surface area contributed by atoms with Gasteiger partial charge >= 0.3 is 0 Å². The van der Waals surface area contributed by atoms with E-state index in [0.29, 0.717) is 10.6 Å². The van der Waals surface area contributed by atoms with E-state index in [1.54, 1.807) is 30.5 Å². The van der Waals surface area contributed by atoms with Crippen LogP contribution in [0.4, 0.5) is 5.69 Å². The summed E-state index contributed by atoms with van der Waals surface area (Å²) < 4.78 is 0. The lowest BCUT2D eigenvalue weighted by molar-refractivity contribution is 0.0955. The predicted molar refractivity (Wildman–Crippen MR) is 119 cm³/mol. The summed E-state index contributed by atoms with van der Waals surface area (Å²) in [6, 6.07) is 19.7. The van der Waals surface area contributed by atoms with Gasteiger partial charge in [0.2, 0.25) is 0 Å². The van der Waals surface area contributed by atoms with E-state index in [-0.39, 0.29) is 5.91 Å². The van der Waals surface area contributed by atoms with Crippen LogP contribution in [-0.4, -0.2) is 12.1 Å². The van der Waals surface area contributed by atoms with E-state index in [2.05, 4.69) is 53.5 Å². The first kappa shape index (κ1) is 19.2. The summed E-state index contributed by atoms with van der Waals surface area (Å²) in [7, 11) is 0. The second-order valence-corrected chi connectivity index (χ2v) is 7.74. The molecule has 146 valence electrons. The highest BCUT2D eigenvalue weighted by Gasteiger charge is 2.19. The fraction of sp³-hybridized carbons (Fsp3) is 0.167. The third kappa shape index (κ3) is 4.17. The summed E-state index contributed by atoms with van der Waals surface area (Å²) in [5, 5.41) is 4.45. The molecule has 0 fully saturated rings. The van der Waals surface area contributed by atoms with Crippen molar-refractivity contribution < 1.29 is 4.79 Å². The lowest BCUT2D eigenvalue weighted by Crippen LogP contribution is -2.18. The van der Waals surface area contributed by atoms with Crippen LogP contribution in [0.15, 0.2) is 65.8 Å². The molecular weight excluding hydrogens is 382 g/mol. The molecule has 0 aromatic heterocycles. The number of nitrogens with one attached hydrogen (secondary N) is 1. The standard InChI is InChI=1S/C24H22ClN3O/c1-16-11-19-14-28(15-20(19)12-17(16)2)21-9-7-18(8-10-21)13-26-27-24(29)22-5-3-4-6-23(22)25/h3-13H,14-15H2,1-2H3,(H,27,29)/b26-13-. The second-order valence-electron chi connectivity index (χ2n) is 7.33. The Morgan fingerprint density at radius 1 is 1.00 bits per heavy atom. The Kier molecular flexibility index (Phi) is 5.36. The monoisotopic (exact) mass is 403 g/mol. The summed E-state index contributed by atoms with van der Waals surface area (Å²) in [5.74, 6) is -0.330. The van der Waals surface area contributed by atoms with Crippen molar-refractivity contribution in [3.8, 4) is 0 Å². The number of hydrogen-bond donors (Lipinski definition) is 1. The molecule has 29 heavy (non-hydrogen) atoms. The van der Waals surface area contributed by atoms with E-state index >= 15 is 0 Å². The van der Waals surface area contributed by atoms with Crippen LogP contribution in [0.2, 0.25) is 5.02 Å². The Labute approximate surface area is 175 Å². The number of amides is 1. The Bertz CT molecular complexity index is 1060. The van der Waals surface area contributed by atoms with Crippen molar-refractivity contribution in [3.63, 3.8) is 0 Å². The van der Waals surface area contributed by atoms with E-state index in [0.717, 1.165) is 18.7 Å². The van der Waals surface area contributed by atoms with E-state index in [1.807, 2.05) is 12.1 Å². The number of halogens is 1. The fourth-order valence-corrected chi connectivity index (χ4v) is 3.74. The van der Waals surface area contributed by atoms with Crippen molar-refractivity contribution in [3.05, 3.63) is 99.1 Å². The molecule has 1 heterocycles. The molecule has 5 heteroatoms. The molecule has 0 aliphatic carbocycles. The summed E-state index contributed by atoms with van der Waals surface area (Å²) in [5.41, 5.74) is 10.5. The van der Waals surface area contributed by atoms with Crippen molar-refractivity contribution in [2.75, 3.05) is 4.90 Å². The number of carbonyl (C=O) groups excluding carboxylic acids is 1. The van der Waals surface area contributed by atoms with Crippen molar-refractivity contribution in [1.29, 1.82) is 0 Å². The maximum Gasteiger partial charge on any atom is 0.272 e. The zero-order valence-corrected chi connectivity index (χ0v) is 17.2. The van der Waals surface area contributed by atoms with Crippen LogP contribution >= 0.6 is 11.6 Å². The van der Waals surface area contributed by atoms with Gasteiger partial charge < -0.3 is 4.90 Å². The van der Waals surface area contributed by atoms with Gasteiger partial charge in [-0.25, -0.2) is 5.43 Å². The molecule has 4 nitrogen and oxygen atoms in total. The van der Waals surface area contributed by atoms with Crippen molar-refractivity contribution in [1.82, 2.24) is 5.43 Å². The highest BCUT2D eigenvalue weighted by molar-refractivity contribution is 6.33. The van der Waals surface area contributed by atoms with Crippen LogP contribution in [0.5, 0.6) is 0 Å². The van der Waals surface area contributed by atoms with Crippen LogP contribution < -0.4 is 10.3 Å². The molecule has 0 bridgehead atoms. The molecule has 0 unspecified atom stereocenters. The van der Waals surface area contributed by atoms with Gasteiger partial charge in [0.05, 0.1) is 16.8 Å². The molecule has 3 aromatic rings. The number of nitrogens with zero attached hydrogens (tertiary/aromatic N) is 2. The van der Waals surface area contributed by atoms with Crippen molar-refractivity contribution in [2.45, 2.75) is 26.9 Å². The normalized spacial score (nSPS) is 13.0. The van der Waals surface area contributed by atoms with Gasteiger partial charge in [-0.2, -0.15) is 5.10 Å². The van der Waals surface area contributed by atoms with Crippen molar-refractivity contribution >= 4 is 29.4 Å². The van der Waals surface area contributed by atoms with Gasteiger partial charge in [0.25, 0.3) is 5.91 Å². The molecule has 4 rings (SSSR count). The van der Waals surface area contributed by atoms with Crippen LogP contribution in [0, 0.1) is 13.8 Å². The summed E-state index contributed by atoms with van der Waals surface area (Å²) >= 11 is 6.03. The lowest BCUT2D eigenvalue weighted by atomic mass is 10.0. The van der Waals surface area contributed by atoms with Gasteiger partial charge in [-0.1, -0.05) is 48.0 Å². The van der Waals surface area contributed by atoms with Crippen LogP contribution in [0.25, 0.3) is 0 Å². The lowest BCUT2D eigenvalue weighted by Gasteiger charge is -2.17. The first-order valence-electron chi connectivity index (χ1n) is 9.53. The number of fused-ring (bicyclic) bond motifs is 1. The topological polar surface area (TPSA) is 44.7 Å². The summed E-state index contributed by atoms with van der Waals surface area (Å²) in [4.78, 5) is 14.5. The highest BCUT2D eigenvalue weighted by atomic mass is 35.5. The van der Waals surface area contributed by atoms with Crippen LogP contribution in [0.3, 0.4) is 0 Å². The molecule has 0 saturated heterocycles. The number of carbonyl (C=O) groups is 1. The van der Waals surface area contributed by atoms with E-state index in [1.165, 1.54) is 27.9 Å². The van der Waals surface area contributed by atoms with Crippen LogP contribution in [-0.2, 0) is 13.1 Å². The van der Waals surface area contributed by atoms with Gasteiger partial charge in [-0.3, -0.25) is 4.79 Å². The molecule has 1 aliphatic rings. The number of rotatable bonds is 4. The molecule has 1 aliphatic heterocycles. The number of aryl methyl sites for hydroxylation is 2. The summed E-state index contributed by atoms with van der Waals surface area (Å²) in [6.07, 6.45) is 1.63. The second kappa shape index (κ2) is 8.10. The fourth-order valence-electron chi connectivity index (χ4n) is 3.52. The van der Waals surface area contributed by atoms with Gasteiger partial charge in [0.15, 0.2) is 0 Å². The average Bonchev–Trinajstić information content (AvgIpc) is 3.11. The van der Waals surface area contributed by atoms with Gasteiger partial charge in [-0.15, -0.1) is 0 Å². The number of benzene rings is 3. The van der Waals surface area contributed by atoms with Gasteiger partial charge in [-0.05, 0) is 65.9 Å². The van der Waals surface area contributed by atoms with E-state index in [4.69, 9.17) is 11.6 Å². The number of anilines is 1. The quantitative estimate of drug-likeness (QED) is 0.478. The number of hydrogen-bond acceptors (Lipinski definition) is 3. The SMILES string of the molecule is Cc1cc2c(cc1C)CN(c1ccc(/C=N\NC(=O)c3ccccc3Cl)cc1)C2. The minimum Gasteiger partial charge on any atom is -0.363 e. The molecule has 0 saturated carbocycles. The third-order valence-electron chi connectivity index (χ3n) is 5.29. The molecule has 3 aromatic carbocycles. The molecule has 0 spiro atoms. The maximum absolute atomic E-state index is 12.1. The Morgan fingerprint density at radius 2 is 1.62 bits per heavy atom. The third-order valence-corrected chi connectivity index (χ3v) is 5.62. The van der Waals surface area contributed by atoms with E-state index in [9.17, 15) is 4.79 Å². The Hall–Kier alpha value is -3.11. The first-order chi connectivity index (χ1) is 14.0. The predicted octanol–water partition coefficient (Wildman–Crippen LogP) is 5.24. The molecular formula is C24H22ClN3O. The zero-order valence-electron chi connectivity index (χ0n) is 16.4. The molecule has 1 amide bonds. The smallest absolute Gasteiger partial charge is 0.272 e. The van der Waals surface area contributed by atoms with Crippen molar-refractivity contribution in [2.24, 2.45) is 5.10 Å². The minimum atomic E-state index is -0.330. The molecule has 1 N–H and O–H groups in total. The van der Waals surface area contributed by atoms with Gasteiger partial charge in [0, 0.05) is 18.8 Å². The highest BCUT2D eigenvalue weighted by Crippen LogP contribution is 2.30. The van der Waals surface area contributed by atoms with E-state index < -0.39 is 0 Å². The average molecular weight is 404 g/mol. The van der Waals surface area contributed by atoms with Gasteiger partial charge in [0.1, 0.15) is 0 Å². The largest absolute Gasteiger partial charge is 0.363 e. The zero-order chi connectivity index (χ0) is 20.4. The molecule has 0 atom stereocenters. The first-order valence-corrected chi connectivity index (χ1v) is 9.91. The van der Waals surface area contributed by atoms with Crippen LogP contribution in [0.1, 0.15) is 38.2 Å². The Balaban J connectivity index is 1.39.